The molecule has 5 nitrogen and oxygen atoms in total. The van der Waals surface area contributed by atoms with Gasteiger partial charge in [0.25, 0.3) is 0 Å². The fourth-order valence-electron chi connectivity index (χ4n) is 2.14. The van der Waals surface area contributed by atoms with E-state index in [1.54, 1.807) is 11.0 Å². The third-order valence-electron chi connectivity index (χ3n) is 3.23. The predicted octanol–water partition coefficient (Wildman–Crippen LogP) is 3.03. The van der Waals surface area contributed by atoms with Crippen LogP contribution in [0.1, 0.15) is 41.4 Å². The molecule has 1 aromatic heterocycles. The second kappa shape index (κ2) is 6.06. The van der Waals surface area contributed by atoms with Crippen LogP contribution in [-0.2, 0) is 6.42 Å². The second-order valence-corrected chi connectivity index (χ2v) is 5.73. The van der Waals surface area contributed by atoms with Crippen LogP contribution in [-0.4, -0.2) is 35.1 Å². The summed E-state index contributed by atoms with van der Waals surface area (Å²) in [6.45, 7) is 3.47. The minimum atomic E-state index is -0.995. The van der Waals surface area contributed by atoms with Gasteiger partial charge in [0.1, 0.15) is 5.00 Å². The average Bonchev–Trinajstić information content (AvgIpc) is 2.83. The lowest BCUT2D eigenvalue weighted by molar-refractivity contribution is 0.0698. The number of hydrogen-bond acceptors (Lipinski definition) is 3. The lowest BCUT2D eigenvalue weighted by atomic mass is 10.1. The smallest absolute Gasteiger partial charge is 0.338 e. The molecule has 1 saturated heterocycles. The molecule has 104 valence electrons. The number of anilines is 1. The van der Waals surface area contributed by atoms with Crippen LogP contribution >= 0.6 is 11.3 Å². The Hall–Kier alpha value is -1.56. The summed E-state index contributed by atoms with van der Waals surface area (Å²) in [4.78, 5) is 25.9. The fraction of sp³-hybridized carbons (Fsp3) is 0.538. The molecule has 0 radical (unpaired) electrons. The van der Waals surface area contributed by atoms with Crippen LogP contribution in [0.15, 0.2) is 6.07 Å². The molecule has 0 unspecified atom stereocenters. The van der Waals surface area contributed by atoms with E-state index < -0.39 is 5.97 Å². The number of carbonyl (C=O) groups is 2. The highest BCUT2D eigenvalue weighted by molar-refractivity contribution is 7.16. The molecule has 19 heavy (non-hydrogen) atoms. The number of amides is 2. The normalized spacial score (nSPS) is 15.3. The predicted molar refractivity (Wildman–Crippen MR) is 75.1 cm³/mol. The monoisotopic (exact) mass is 282 g/mol. The third kappa shape index (κ3) is 3.26. The Bertz CT molecular complexity index is 478. The van der Waals surface area contributed by atoms with E-state index in [0.717, 1.165) is 43.6 Å². The maximum atomic E-state index is 12.1. The number of piperidine rings is 1. The van der Waals surface area contributed by atoms with Gasteiger partial charge in [-0.15, -0.1) is 11.3 Å². The van der Waals surface area contributed by atoms with E-state index in [2.05, 4.69) is 5.32 Å². The first-order valence-corrected chi connectivity index (χ1v) is 7.35. The number of carboxylic acids is 1. The largest absolute Gasteiger partial charge is 0.478 e. The van der Waals surface area contributed by atoms with Crippen molar-refractivity contribution in [1.82, 2.24) is 4.90 Å². The molecule has 6 heteroatoms. The zero-order chi connectivity index (χ0) is 13.8. The molecule has 0 aromatic carbocycles. The minimum absolute atomic E-state index is 0.187. The molecule has 2 rings (SSSR count). The number of nitrogens with zero attached hydrogens (tertiary/aromatic N) is 1. The highest BCUT2D eigenvalue weighted by Gasteiger charge is 2.21. The summed E-state index contributed by atoms with van der Waals surface area (Å²) in [6.07, 6.45) is 3.96. The zero-order valence-electron chi connectivity index (χ0n) is 10.9. The molecule has 2 amide bonds. The number of hydrogen-bond donors (Lipinski definition) is 2. The van der Waals surface area contributed by atoms with Crippen molar-refractivity contribution in [1.29, 1.82) is 0 Å². The molecule has 0 aliphatic carbocycles. The Morgan fingerprint density at radius 2 is 2.05 bits per heavy atom. The van der Waals surface area contributed by atoms with Gasteiger partial charge < -0.3 is 10.0 Å². The van der Waals surface area contributed by atoms with Gasteiger partial charge in [-0.05, 0) is 31.7 Å². The van der Waals surface area contributed by atoms with Crippen molar-refractivity contribution in [2.45, 2.75) is 32.6 Å². The van der Waals surface area contributed by atoms with Crippen molar-refractivity contribution in [3.63, 3.8) is 0 Å². The summed E-state index contributed by atoms with van der Waals surface area (Å²) >= 11 is 1.34. The summed E-state index contributed by atoms with van der Waals surface area (Å²) in [5.41, 5.74) is 0.187. The van der Waals surface area contributed by atoms with Crippen LogP contribution in [0.25, 0.3) is 0 Å². The maximum absolute atomic E-state index is 12.1. The van der Waals surface area contributed by atoms with Crippen molar-refractivity contribution in [2.75, 3.05) is 18.4 Å². The lowest BCUT2D eigenvalue weighted by Gasteiger charge is -2.26. The van der Waals surface area contributed by atoms with E-state index in [4.69, 9.17) is 5.11 Å². The summed E-state index contributed by atoms with van der Waals surface area (Å²) < 4.78 is 0. The van der Waals surface area contributed by atoms with E-state index in [1.807, 2.05) is 6.92 Å². The molecule has 1 fully saturated rings. The molecule has 1 aromatic rings. The van der Waals surface area contributed by atoms with Gasteiger partial charge in [0.15, 0.2) is 0 Å². The van der Waals surface area contributed by atoms with Gasteiger partial charge in [0.05, 0.1) is 5.56 Å². The van der Waals surface area contributed by atoms with Crippen molar-refractivity contribution in [3.8, 4) is 0 Å². The van der Waals surface area contributed by atoms with Gasteiger partial charge in [-0.2, -0.15) is 0 Å². The van der Waals surface area contributed by atoms with Crippen LogP contribution in [0.5, 0.6) is 0 Å². The molecule has 0 bridgehead atoms. The van der Waals surface area contributed by atoms with Gasteiger partial charge in [-0.3, -0.25) is 5.32 Å². The van der Waals surface area contributed by atoms with E-state index in [9.17, 15) is 9.59 Å². The van der Waals surface area contributed by atoms with Gasteiger partial charge in [-0.25, -0.2) is 9.59 Å². The minimum Gasteiger partial charge on any atom is -0.478 e. The van der Waals surface area contributed by atoms with E-state index in [-0.39, 0.29) is 11.6 Å². The summed E-state index contributed by atoms with van der Waals surface area (Å²) in [7, 11) is 0. The molecule has 1 aliphatic rings. The summed E-state index contributed by atoms with van der Waals surface area (Å²) in [5, 5.41) is 12.3. The SMILES string of the molecule is CCc1cc(C(=O)O)c(NC(=O)N2CCCCC2)s1. The second-order valence-electron chi connectivity index (χ2n) is 4.59. The number of nitrogens with one attached hydrogen (secondary N) is 1. The number of carbonyl (C=O) groups excluding carboxylic acids is 1. The lowest BCUT2D eigenvalue weighted by Crippen LogP contribution is -2.38. The van der Waals surface area contributed by atoms with Crippen LogP contribution in [0, 0.1) is 0 Å². The molecular weight excluding hydrogens is 264 g/mol. The van der Waals surface area contributed by atoms with Crippen LogP contribution in [0.3, 0.4) is 0 Å². The molecule has 1 aliphatic heterocycles. The van der Waals surface area contributed by atoms with Crippen molar-refractivity contribution < 1.29 is 14.7 Å². The number of carboxylic acid groups (broad SMARTS) is 1. The van der Waals surface area contributed by atoms with Gasteiger partial charge in [0.2, 0.25) is 0 Å². The number of aromatic carboxylic acids is 1. The number of likely N-dealkylation sites (tertiary alicyclic amines) is 1. The Kier molecular flexibility index (Phi) is 4.42. The molecule has 0 atom stereocenters. The Morgan fingerprint density at radius 1 is 1.37 bits per heavy atom. The van der Waals surface area contributed by atoms with Gasteiger partial charge >= 0.3 is 12.0 Å². The molecular formula is C13H18N2O3S. The molecule has 0 spiro atoms. The molecule has 2 heterocycles. The summed E-state index contributed by atoms with van der Waals surface area (Å²) in [6, 6.07) is 1.45. The van der Waals surface area contributed by atoms with Gasteiger partial charge in [-0.1, -0.05) is 6.92 Å². The first-order chi connectivity index (χ1) is 9.11. The standard InChI is InChI=1S/C13H18N2O3S/c1-2-9-8-10(12(16)17)11(19-9)14-13(18)15-6-4-3-5-7-15/h8H,2-7H2,1H3,(H,14,18)(H,16,17). The fourth-order valence-corrected chi connectivity index (χ4v) is 3.12. The third-order valence-corrected chi connectivity index (χ3v) is 4.42. The molecule has 2 N–H and O–H groups in total. The Balaban J connectivity index is 2.10. The first kappa shape index (κ1) is 13.9. The van der Waals surface area contributed by atoms with Crippen LogP contribution in [0.4, 0.5) is 9.80 Å². The highest BCUT2D eigenvalue weighted by Crippen LogP contribution is 2.29. The first-order valence-electron chi connectivity index (χ1n) is 6.53. The highest BCUT2D eigenvalue weighted by atomic mass is 32.1. The Morgan fingerprint density at radius 3 is 2.63 bits per heavy atom. The van der Waals surface area contributed by atoms with E-state index in [0.29, 0.717) is 5.00 Å². The zero-order valence-corrected chi connectivity index (χ0v) is 11.8. The van der Waals surface area contributed by atoms with Crippen LogP contribution < -0.4 is 5.32 Å². The van der Waals surface area contributed by atoms with Crippen molar-refractivity contribution in [2.24, 2.45) is 0 Å². The molecule has 0 saturated carbocycles. The van der Waals surface area contributed by atoms with Crippen LogP contribution in [0.2, 0.25) is 0 Å². The topological polar surface area (TPSA) is 69.6 Å². The van der Waals surface area contributed by atoms with E-state index in [1.165, 1.54) is 11.3 Å². The number of aryl methyl sites for hydroxylation is 1. The van der Waals surface area contributed by atoms with Crippen molar-refractivity contribution in [3.05, 3.63) is 16.5 Å². The number of thiophene rings is 1. The number of urea groups is 1. The van der Waals surface area contributed by atoms with Gasteiger partial charge in [0, 0.05) is 18.0 Å². The average molecular weight is 282 g/mol. The van der Waals surface area contributed by atoms with Crippen molar-refractivity contribution >= 4 is 28.3 Å². The van der Waals surface area contributed by atoms with E-state index >= 15 is 0 Å². The quantitative estimate of drug-likeness (QED) is 0.895. The Labute approximate surface area is 116 Å². The number of rotatable bonds is 3. The maximum Gasteiger partial charge on any atom is 0.338 e. The summed E-state index contributed by atoms with van der Waals surface area (Å²) in [5.74, 6) is -0.995.